The summed E-state index contributed by atoms with van der Waals surface area (Å²) < 4.78 is 4.28. The van der Waals surface area contributed by atoms with E-state index >= 15 is 0 Å². The molecule has 10 nitrogen and oxygen atoms in total. The SMILES string of the molecule is CCc1nn(C2CC(CCc3nn(C4CCCCC4)c4cc(C(=O)Nc5c(Cl)cncc5Cl)ccc34)C2)c2cc(C(=O)Nc3c(Cl)cncc3Cl)ccc12. The molecule has 0 bridgehead atoms. The summed E-state index contributed by atoms with van der Waals surface area (Å²) in [6, 6.07) is 12.1. The molecule has 14 heteroatoms. The van der Waals surface area contributed by atoms with Crippen molar-refractivity contribution in [2.24, 2.45) is 5.92 Å². The number of carbonyl (C=O) groups is 2. The lowest BCUT2D eigenvalue weighted by molar-refractivity contribution is 0.101. The molecule has 2 aliphatic carbocycles. The van der Waals surface area contributed by atoms with E-state index in [1.165, 1.54) is 44.0 Å². The molecule has 0 spiro atoms. The molecule has 2 fully saturated rings. The van der Waals surface area contributed by atoms with E-state index < -0.39 is 0 Å². The summed E-state index contributed by atoms with van der Waals surface area (Å²) in [6.45, 7) is 2.10. The third kappa shape index (κ3) is 7.17. The number of carbonyl (C=O) groups excluding carboxylic acids is 2. The first-order chi connectivity index (χ1) is 26.2. The van der Waals surface area contributed by atoms with Gasteiger partial charge >= 0.3 is 0 Å². The summed E-state index contributed by atoms with van der Waals surface area (Å²) in [4.78, 5) is 34.7. The van der Waals surface area contributed by atoms with Crippen molar-refractivity contribution in [2.45, 2.75) is 83.2 Å². The number of aromatic nitrogens is 6. The Morgan fingerprint density at radius 3 is 1.69 bits per heavy atom. The molecular weight excluding hydrogens is 766 g/mol. The predicted molar refractivity (Wildman–Crippen MR) is 215 cm³/mol. The van der Waals surface area contributed by atoms with Gasteiger partial charge in [-0.25, -0.2) is 0 Å². The van der Waals surface area contributed by atoms with Crippen LogP contribution in [-0.4, -0.2) is 41.3 Å². The van der Waals surface area contributed by atoms with Crippen LogP contribution in [0.2, 0.25) is 20.1 Å². The number of benzene rings is 2. The van der Waals surface area contributed by atoms with E-state index in [4.69, 9.17) is 56.6 Å². The van der Waals surface area contributed by atoms with Crippen molar-refractivity contribution in [3.05, 3.63) is 104 Å². The first-order valence-electron chi connectivity index (χ1n) is 18.4. The second kappa shape index (κ2) is 15.5. The topological polar surface area (TPSA) is 120 Å². The van der Waals surface area contributed by atoms with Gasteiger partial charge in [-0.15, -0.1) is 0 Å². The van der Waals surface area contributed by atoms with Gasteiger partial charge < -0.3 is 10.6 Å². The van der Waals surface area contributed by atoms with Crippen LogP contribution in [-0.2, 0) is 12.8 Å². The van der Waals surface area contributed by atoms with Gasteiger partial charge in [-0.1, -0.05) is 84.7 Å². The van der Waals surface area contributed by atoms with Crippen molar-refractivity contribution >= 4 is 91.4 Å². The van der Waals surface area contributed by atoms with Gasteiger partial charge in [0.15, 0.2) is 0 Å². The van der Waals surface area contributed by atoms with Crippen LogP contribution in [0.5, 0.6) is 0 Å². The molecule has 2 saturated carbocycles. The Bertz CT molecular complexity index is 2360. The number of halogens is 4. The zero-order valence-corrected chi connectivity index (χ0v) is 32.6. The minimum absolute atomic E-state index is 0.236. The maximum absolute atomic E-state index is 13.4. The van der Waals surface area contributed by atoms with Gasteiger partial charge in [0.25, 0.3) is 11.8 Å². The second-order valence-corrected chi connectivity index (χ2v) is 15.9. The maximum atomic E-state index is 13.4. The molecule has 54 heavy (non-hydrogen) atoms. The van der Waals surface area contributed by atoms with E-state index in [1.54, 1.807) is 0 Å². The summed E-state index contributed by atoms with van der Waals surface area (Å²) in [5, 5.41) is 19.2. The minimum atomic E-state index is -0.306. The number of amides is 2. The Morgan fingerprint density at radius 1 is 0.685 bits per heavy atom. The van der Waals surface area contributed by atoms with Gasteiger partial charge in [0, 0.05) is 46.7 Å². The van der Waals surface area contributed by atoms with E-state index in [0.29, 0.717) is 34.5 Å². The van der Waals surface area contributed by atoms with E-state index in [2.05, 4.69) is 36.9 Å². The molecule has 2 aromatic carbocycles. The minimum Gasteiger partial charge on any atom is -0.319 e. The molecule has 0 atom stereocenters. The number of hydrogen-bond donors (Lipinski definition) is 2. The highest BCUT2D eigenvalue weighted by Gasteiger charge is 2.33. The van der Waals surface area contributed by atoms with Gasteiger partial charge in [-0.3, -0.25) is 28.9 Å². The smallest absolute Gasteiger partial charge is 0.255 e. The third-order valence-electron chi connectivity index (χ3n) is 10.9. The molecule has 2 aliphatic rings. The van der Waals surface area contributed by atoms with Gasteiger partial charge in [-0.05, 0) is 75.1 Å². The summed E-state index contributed by atoms with van der Waals surface area (Å²) in [5.41, 5.74) is 5.69. The standard InChI is InChI=1S/C40H38Cl4N8O2/c1-2-33-27-11-9-23(39(53)47-37-29(41)18-45-19-30(37)42)16-35(27)52(49-33)26-14-22(15-26)8-13-34-28-12-10-24(40(54)48-38-31(43)20-46-21-32(38)44)17-36(28)51(50-34)25-6-4-3-5-7-25/h9-12,16-22,25-26H,2-8,13-15H2,1H3,(H,45,47,53)(H,46,48,54). The van der Waals surface area contributed by atoms with Crippen molar-refractivity contribution in [2.75, 3.05) is 10.6 Å². The molecule has 4 heterocycles. The molecule has 8 rings (SSSR count). The zero-order chi connectivity index (χ0) is 37.5. The highest BCUT2D eigenvalue weighted by molar-refractivity contribution is 6.40. The fourth-order valence-corrected chi connectivity index (χ4v) is 8.84. The van der Waals surface area contributed by atoms with Crippen LogP contribution in [0.4, 0.5) is 11.4 Å². The van der Waals surface area contributed by atoms with Gasteiger partial charge in [0.1, 0.15) is 0 Å². The van der Waals surface area contributed by atoms with Crippen molar-refractivity contribution in [1.29, 1.82) is 0 Å². The fourth-order valence-electron chi connectivity index (χ4n) is 7.93. The second-order valence-electron chi connectivity index (χ2n) is 14.3. The maximum Gasteiger partial charge on any atom is 0.255 e. The highest BCUT2D eigenvalue weighted by Crippen LogP contribution is 2.43. The molecule has 278 valence electrons. The van der Waals surface area contributed by atoms with E-state index in [9.17, 15) is 9.59 Å². The highest BCUT2D eigenvalue weighted by atomic mass is 35.5. The van der Waals surface area contributed by atoms with Crippen molar-refractivity contribution < 1.29 is 9.59 Å². The van der Waals surface area contributed by atoms with Crippen LogP contribution in [0.25, 0.3) is 21.8 Å². The Hall–Kier alpha value is -4.22. The van der Waals surface area contributed by atoms with Crippen molar-refractivity contribution in [1.82, 2.24) is 29.5 Å². The van der Waals surface area contributed by atoms with E-state index in [1.807, 2.05) is 36.4 Å². The van der Waals surface area contributed by atoms with Gasteiger partial charge in [0.2, 0.25) is 0 Å². The number of hydrogen-bond acceptors (Lipinski definition) is 6. The summed E-state index contributed by atoms with van der Waals surface area (Å²) >= 11 is 25.1. The van der Waals surface area contributed by atoms with Crippen LogP contribution in [0.3, 0.4) is 0 Å². The van der Waals surface area contributed by atoms with Gasteiger partial charge in [0.05, 0.1) is 66.0 Å². The average Bonchev–Trinajstić information content (AvgIpc) is 3.72. The summed E-state index contributed by atoms with van der Waals surface area (Å²) in [5.74, 6) is -0.0889. The van der Waals surface area contributed by atoms with Crippen LogP contribution in [0.15, 0.2) is 61.2 Å². The number of aryl methyl sites for hydroxylation is 2. The Balaban J connectivity index is 0.989. The number of nitrogens with one attached hydrogen (secondary N) is 2. The number of pyridine rings is 2. The largest absolute Gasteiger partial charge is 0.319 e. The van der Waals surface area contributed by atoms with Crippen LogP contribution in [0.1, 0.15) is 102 Å². The molecule has 4 aromatic heterocycles. The number of rotatable bonds is 10. The molecular formula is C40H38Cl4N8O2. The number of nitrogens with zero attached hydrogens (tertiary/aromatic N) is 6. The van der Waals surface area contributed by atoms with Crippen LogP contribution >= 0.6 is 46.4 Å². The van der Waals surface area contributed by atoms with E-state index in [0.717, 1.165) is 78.1 Å². The lowest BCUT2D eigenvalue weighted by Gasteiger charge is -2.36. The zero-order valence-electron chi connectivity index (χ0n) is 29.6. The summed E-state index contributed by atoms with van der Waals surface area (Å²) in [7, 11) is 0. The lowest BCUT2D eigenvalue weighted by Crippen LogP contribution is -2.28. The first-order valence-corrected chi connectivity index (χ1v) is 19.9. The molecule has 0 aliphatic heterocycles. The number of fused-ring (bicyclic) bond motifs is 2. The molecule has 2 amide bonds. The van der Waals surface area contributed by atoms with Crippen LogP contribution < -0.4 is 10.6 Å². The quantitative estimate of drug-likeness (QED) is 0.142. The Morgan fingerprint density at radius 2 is 1.17 bits per heavy atom. The number of anilines is 2. The van der Waals surface area contributed by atoms with Gasteiger partial charge in [-0.2, -0.15) is 10.2 Å². The fraction of sp³-hybridized carbons (Fsp3) is 0.350. The Labute approximate surface area is 332 Å². The average molecular weight is 805 g/mol. The summed E-state index contributed by atoms with van der Waals surface area (Å²) in [6.07, 6.45) is 16.1. The Kier molecular flexibility index (Phi) is 10.5. The molecule has 0 unspecified atom stereocenters. The normalized spacial score (nSPS) is 17.5. The first kappa shape index (κ1) is 36.7. The van der Waals surface area contributed by atoms with Crippen LogP contribution in [0, 0.1) is 5.92 Å². The third-order valence-corrected chi connectivity index (χ3v) is 12.0. The predicted octanol–water partition coefficient (Wildman–Crippen LogP) is 10.9. The molecule has 6 aromatic rings. The molecule has 0 saturated heterocycles. The van der Waals surface area contributed by atoms with Crippen molar-refractivity contribution in [3.63, 3.8) is 0 Å². The lowest BCUT2D eigenvalue weighted by atomic mass is 9.77. The molecule has 2 N–H and O–H groups in total. The van der Waals surface area contributed by atoms with Crippen molar-refractivity contribution in [3.8, 4) is 0 Å². The monoisotopic (exact) mass is 802 g/mol. The van der Waals surface area contributed by atoms with E-state index in [-0.39, 0.29) is 37.9 Å². The molecule has 0 radical (unpaired) electrons.